The third-order valence-electron chi connectivity index (χ3n) is 2.09. The Bertz CT molecular complexity index is 461. The minimum atomic E-state index is -4.45. The van der Waals surface area contributed by atoms with Crippen LogP contribution in [0.3, 0.4) is 0 Å². The van der Waals surface area contributed by atoms with E-state index in [9.17, 15) is 18.0 Å². The summed E-state index contributed by atoms with van der Waals surface area (Å²) in [6.07, 6.45) is -4.13. The monoisotopic (exact) mass is 289 g/mol. The van der Waals surface area contributed by atoms with Gasteiger partial charge in [0.25, 0.3) is 5.91 Å². The molecule has 0 spiro atoms. The number of nitrogens with two attached hydrogens (primary N) is 1. The minimum absolute atomic E-state index is 0.125. The van der Waals surface area contributed by atoms with Gasteiger partial charge in [-0.25, -0.2) is 0 Å². The summed E-state index contributed by atoms with van der Waals surface area (Å²) in [5.41, 5.74) is 6.45. The molecule has 0 saturated carbocycles. The van der Waals surface area contributed by atoms with E-state index in [1.807, 2.05) is 30.3 Å². The molecule has 0 radical (unpaired) electrons. The molecule has 0 bridgehead atoms. The van der Waals surface area contributed by atoms with Gasteiger partial charge in [-0.3, -0.25) is 4.79 Å². The van der Waals surface area contributed by atoms with Crippen molar-refractivity contribution in [2.45, 2.75) is 12.6 Å². The standard InChI is InChI=1S/C12H14F3N3O2/c13-12(14,15)8-17-11(19)7-20-18-10(16)6-9-4-2-1-3-5-9/h1-5H,6-8H2,(H2,16,18)(H,17,19). The van der Waals surface area contributed by atoms with Crippen LogP contribution in [0.4, 0.5) is 13.2 Å². The van der Waals surface area contributed by atoms with E-state index in [0.29, 0.717) is 6.42 Å². The molecule has 8 heteroatoms. The average molecular weight is 289 g/mol. The Morgan fingerprint density at radius 3 is 2.55 bits per heavy atom. The summed E-state index contributed by atoms with van der Waals surface area (Å²) in [6, 6.07) is 9.16. The number of nitrogens with one attached hydrogen (secondary N) is 1. The van der Waals surface area contributed by atoms with Crippen molar-refractivity contribution in [1.29, 1.82) is 0 Å². The van der Waals surface area contributed by atoms with Crippen molar-refractivity contribution in [1.82, 2.24) is 5.32 Å². The summed E-state index contributed by atoms with van der Waals surface area (Å²) < 4.78 is 35.4. The predicted octanol–water partition coefficient (Wildman–Crippen LogP) is 1.20. The summed E-state index contributed by atoms with van der Waals surface area (Å²) in [5.74, 6) is -0.793. The number of carbonyl (C=O) groups is 1. The zero-order valence-electron chi connectivity index (χ0n) is 10.5. The van der Waals surface area contributed by atoms with Crippen LogP contribution in [-0.2, 0) is 16.1 Å². The fourth-order valence-electron chi connectivity index (χ4n) is 1.26. The Morgan fingerprint density at radius 2 is 1.95 bits per heavy atom. The van der Waals surface area contributed by atoms with Crippen LogP contribution >= 0.6 is 0 Å². The molecule has 0 aliphatic rings. The number of rotatable bonds is 6. The molecule has 20 heavy (non-hydrogen) atoms. The zero-order valence-corrected chi connectivity index (χ0v) is 10.5. The van der Waals surface area contributed by atoms with Crippen LogP contribution in [0.15, 0.2) is 35.5 Å². The largest absolute Gasteiger partial charge is 0.405 e. The molecule has 1 rings (SSSR count). The maximum atomic E-state index is 11.8. The normalized spacial score (nSPS) is 12.1. The topological polar surface area (TPSA) is 76.7 Å². The maximum absolute atomic E-state index is 11.8. The first-order chi connectivity index (χ1) is 9.37. The molecule has 0 fully saturated rings. The summed E-state index contributed by atoms with van der Waals surface area (Å²) in [5, 5.41) is 5.10. The van der Waals surface area contributed by atoms with Crippen LogP contribution in [0.2, 0.25) is 0 Å². The second-order valence-corrected chi connectivity index (χ2v) is 3.91. The van der Waals surface area contributed by atoms with Crippen LogP contribution < -0.4 is 11.1 Å². The van der Waals surface area contributed by atoms with Gasteiger partial charge in [0.1, 0.15) is 12.4 Å². The molecule has 3 N–H and O–H groups in total. The highest BCUT2D eigenvalue weighted by atomic mass is 19.4. The molecule has 0 heterocycles. The Hall–Kier alpha value is -2.25. The molecule has 1 aromatic rings. The van der Waals surface area contributed by atoms with Crippen LogP contribution in [0.1, 0.15) is 5.56 Å². The number of alkyl halides is 3. The van der Waals surface area contributed by atoms with Gasteiger partial charge in [-0.2, -0.15) is 13.2 Å². The van der Waals surface area contributed by atoms with Gasteiger partial charge < -0.3 is 15.9 Å². The second kappa shape index (κ2) is 7.37. The molecule has 0 aliphatic heterocycles. The van der Waals surface area contributed by atoms with E-state index in [1.165, 1.54) is 0 Å². The maximum Gasteiger partial charge on any atom is 0.405 e. The van der Waals surface area contributed by atoms with E-state index in [1.54, 1.807) is 5.32 Å². The number of hydrogen-bond donors (Lipinski definition) is 2. The number of oxime groups is 1. The van der Waals surface area contributed by atoms with Crippen molar-refractivity contribution in [2.75, 3.05) is 13.2 Å². The van der Waals surface area contributed by atoms with Gasteiger partial charge in [0.2, 0.25) is 0 Å². The van der Waals surface area contributed by atoms with E-state index in [0.717, 1.165) is 5.56 Å². The van der Waals surface area contributed by atoms with Gasteiger partial charge in [0, 0.05) is 6.42 Å². The lowest BCUT2D eigenvalue weighted by Crippen LogP contribution is -2.35. The lowest BCUT2D eigenvalue weighted by Gasteiger charge is -2.07. The molecule has 1 amide bonds. The Morgan fingerprint density at radius 1 is 1.30 bits per heavy atom. The third kappa shape index (κ3) is 7.24. The highest BCUT2D eigenvalue weighted by Crippen LogP contribution is 2.11. The van der Waals surface area contributed by atoms with E-state index in [-0.39, 0.29) is 5.84 Å². The van der Waals surface area contributed by atoms with Gasteiger partial charge in [-0.05, 0) is 5.56 Å². The van der Waals surface area contributed by atoms with Crippen molar-refractivity contribution in [3.63, 3.8) is 0 Å². The van der Waals surface area contributed by atoms with Crippen LogP contribution in [0.5, 0.6) is 0 Å². The molecular formula is C12H14F3N3O2. The molecule has 1 aromatic carbocycles. The highest BCUT2D eigenvalue weighted by Gasteiger charge is 2.27. The number of benzene rings is 1. The molecule has 0 saturated heterocycles. The predicted molar refractivity (Wildman–Crippen MR) is 66.8 cm³/mol. The third-order valence-corrected chi connectivity index (χ3v) is 2.09. The van der Waals surface area contributed by atoms with Crippen molar-refractivity contribution < 1.29 is 22.8 Å². The summed E-state index contributed by atoms with van der Waals surface area (Å²) in [6.45, 7) is -2.02. The van der Waals surface area contributed by atoms with E-state index < -0.39 is 25.2 Å². The Kier molecular flexibility index (Phi) is 5.82. The summed E-state index contributed by atoms with van der Waals surface area (Å²) in [7, 11) is 0. The fourth-order valence-corrected chi connectivity index (χ4v) is 1.26. The molecule has 0 aromatic heterocycles. The summed E-state index contributed by atoms with van der Waals surface area (Å²) >= 11 is 0. The van der Waals surface area contributed by atoms with Gasteiger partial charge in [-0.15, -0.1) is 0 Å². The van der Waals surface area contributed by atoms with Gasteiger partial charge in [-0.1, -0.05) is 35.5 Å². The van der Waals surface area contributed by atoms with Crippen molar-refractivity contribution >= 4 is 11.7 Å². The molecule has 110 valence electrons. The Labute approximate surface area is 113 Å². The van der Waals surface area contributed by atoms with Gasteiger partial charge in [0.05, 0.1) is 0 Å². The molecule has 0 unspecified atom stereocenters. The number of amides is 1. The lowest BCUT2D eigenvalue weighted by atomic mass is 10.1. The van der Waals surface area contributed by atoms with Crippen LogP contribution in [0, 0.1) is 0 Å². The zero-order chi connectivity index (χ0) is 15.0. The SMILES string of the molecule is N/C(Cc1ccccc1)=N\OCC(=O)NCC(F)(F)F. The highest BCUT2D eigenvalue weighted by molar-refractivity contribution is 5.82. The first-order valence-corrected chi connectivity index (χ1v) is 5.68. The minimum Gasteiger partial charge on any atom is -0.384 e. The number of carbonyl (C=O) groups excluding carboxylic acids is 1. The first-order valence-electron chi connectivity index (χ1n) is 5.68. The van der Waals surface area contributed by atoms with Gasteiger partial charge >= 0.3 is 6.18 Å². The average Bonchev–Trinajstić information content (AvgIpc) is 2.37. The number of hydrogen-bond acceptors (Lipinski definition) is 3. The van der Waals surface area contributed by atoms with Crippen molar-refractivity contribution in [3.05, 3.63) is 35.9 Å². The van der Waals surface area contributed by atoms with Gasteiger partial charge in [0.15, 0.2) is 6.61 Å². The fraction of sp³-hybridized carbons (Fsp3) is 0.333. The number of halogens is 3. The van der Waals surface area contributed by atoms with E-state index in [4.69, 9.17) is 5.73 Å². The number of amidine groups is 1. The molecule has 0 atom stereocenters. The Balaban J connectivity index is 2.28. The van der Waals surface area contributed by atoms with Crippen molar-refractivity contribution in [2.24, 2.45) is 10.9 Å². The lowest BCUT2D eigenvalue weighted by molar-refractivity contribution is -0.141. The molecule has 5 nitrogen and oxygen atoms in total. The van der Waals surface area contributed by atoms with Crippen LogP contribution in [0.25, 0.3) is 0 Å². The van der Waals surface area contributed by atoms with Crippen LogP contribution in [-0.4, -0.2) is 31.1 Å². The van der Waals surface area contributed by atoms with E-state index >= 15 is 0 Å². The molecule has 0 aliphatic carbocycles. The number of nitrogens with zero attached hydrogens (tertiary/aromatic N) is 1. The summed E-state index contributed by atoms with van der Waals surface area (Å²) in [4.78, 5) is 15.6. The first kappa shape index (κ1) is 15.8. The molecular weight excluding hydrogens is 275 g/mol. The smallest absolute Gasteiger partial charge is 0.384 e. The van der Waals surface area contributed by atoms with E-state index in [2.05, 4.69) is 9.99 Å². The van der Waals surface area contributed by atoms with Crippen molar-refractivity contribution in [3.8, 4) is 0 Å². The second-order valence-electron chi connectivity index (χ2n) is 3.91. The quantitative estimate of drug-likeness (QED) is 0.469.